The molecule has 0 aliphatic heterocycles. The fraction of sp³-hybridized carbons (Fsp3) is 0.0588. The highest BCUT2D eigenvalue weighted by atomic mass is 16.3. The summed E-state index contributed by atoms with van der Waals surface area (Å²) >= 11 is 0. The first kappa shape index (κ1) is 13.1. The summed E-state index contributed by atoms with van der Waals surface area (Å²) in [7, 11) is 0. The third-order valence-electron chi connectivity index (χ3n) is 3.35. The van der Waals surface area contributed by atoms with Gasteiger partial charge in [0.25, 0.3) is 5.91 Å². The van der Waals surface area contributed by atoms with Crippen molar-refractivity contribution in [2.24, 2.45) is 0 Å². The van der Waals surface area contributed by atoms with Crippen molar-refractivity contribution in [2.45, 2.75) is 6.92 Å². The molecule has 4 heteroatoms. The molecule has 1 aromatic heterocycles. The van der Waals surface area contributed by atoms with E-state index in [1.54, 1.807) is 25.3 Å². The lowest BCUT2D eigenvalue weighted by Gasteiger charge is -2.10. The van der Waals surface area contributed by atoms with Crippen LogP contribution < -0.4 is 5.32 Å². The van der Waals surface area contributed by atoms with Gasteiger partial charge in [-0.25, -0.2) is 0 Å². The van der Waals surface area contributed by atoms with Gasteiger partial charge in [-0.2, -0.15) is 0 Å². The number of carbonyl (C=O) groups excluding carboxylic acids is 1. The molecule has 0 radical (unpaired) electrons. The number of rotatable bonds is 2. The maximum atomic E-state index is 12.4. The summed E-state index contributed by atoms with van der Waals surface area (Å²) in [5, 5.41) is 13.2. The molecule has 0 atom stereocenters. The van der Waals surface area contributed by atoms with Gasteiger partial charge >= 0.3 is 0 Å². The van der Waals surface area contributed by atoms with Crippen LogP contribution >= 0.6 is 0 Å². The van der Waals surface area contributed by atoms with Crippen molar-refractivity contribution in [3.63, 3.8) is 0 Å². The van der Waals surface area contributed by atoms with Crippen LogP contribution in [0.15, 0.2) is 54.7 Å². The molecular weight excluding hydrogens is 264 g/mol. The van der Waals surface area contributed by atoms with E-state index in [9.17, 15) is 9.90 Å². The van der Waals surface area contributed by atoms with E-state index in [2.05, 4.69) is 10.3 Å². The quantitative estimate of drug-likeness (QED) is 0.754. The molecule has 3 rings (SSSR count). The van der Waals surface area contributed by atoms with E-state index in [0.717, 1.165) is 22.2 Å². The van der Waals surface area contributed by atoms with Crippen LogP contribution in [0.1, 0.15) is 15.9 Å². The summed E-state index contributed by atoms with van der Waals surface area (Å²) in [5.41, 5.74) is 2.82. The van der Waals surface area contributed by atoms with Gasteiger partial charge in [-0.15, -0.1) is 0 Å². The first-order chi connectivity index (χ1) is 10.1. The average molecular weight is 278 g/mol. The highest BCUT2D eigenvalue weighted by Gasteiger charge is 2.11. The first-order valence-electron chi connectivity index (χ1n) is 6.60. The minimum absolute atomic E-state index is 0.151. The number of carbonyl (C=O) groups is 1. The molecule has 1 heterocycles. The lowest BCUT2D eigenvalue weighted by molar-refractivity contribution is 0.102. The number of benzene rings is 2. The fourth-order valence-electron chi connectivity index (χ4n) is 2.30. The number of hydrogen-bond donors (Lipinski definition) is 2. The molecule has 0 aliphatic carbocycles. The van der Waals surface area contributed by atoms with Gasteiger partial charge in [0.15, 0.2) is 0 Å². The zero-order chi connectivity index (χ0) is 14.8. The van der Waals surface area contributed by atoms with Crippen LogP contribution in [0.5, 0.6) is 5.75 Å². The van der Waals surface area contributed by atoms with Crippen molar-refractivity contribution >= 4 is 22.5 Å². The number of pyridine rings is 1. The Labute approximate surface area is 122 Å². The van der Waals surface area contributed by atoms with Gasteiger partial charge in [0, 0.05) is 17.1 Å². The largest absolute Gasteiger partial charge is 0.508 e. The zero-order valence-corrected chi connectivity index (χ0v) is 11.5. The molecule has 0 aliphatic rings. The van der Waals surface area contributed by atoms with Crippen LogP contribution in [0.4, 0.5) is 5.69 Å². The predicted molar refractivity (Wildman–Crippen MR) is 82.5 cm³/mol. The molecule has 0 fully saturated rings. The van der Waals surface area contributed by atoms with Gasteiger partial charge < -0.3 is 10.4 Å². The number of aryl methyl sites for hydroxylation is 1. The molecule has 2 aromatic carbocycles. The SMILES string of the molecule is Cc1cc(O)ccc1C(=O)Nc1cccc2ncccc12. The molecule has 0 unspecified atom stereocenters. The van der Waals surface area contributed by atoms with E-state index in [4.69, 9.17) is 0 Å². The number of aromatic nitrogens is 1. The number of anilines is 1. The van der Waals surface area contributed by atoms with Crippen LogP contribution in [0.3, 0.4) is 0 Å². The van der Waals surface area contributed by atoms with E-state index in [1.807, 2.05) is 30.3 Å². The summed E-state index contributed by atoms with van der Waals surface area (Å²) in [4.78, 5) is 16.6. The molecular formula is C17H14N2O2. The third-order valence-corrected chi connectivity index (χ3v) is 3.35. The van der Waals surface area contributed by atoms with Crippen molar-refractivity contribution < 1.29 is 9.90 Å². The normalized spacial score (nSPS) is 10.5. The Morgan fingerprint density at radius 2 is 2.00 bits per heavy atom. The fourth-order valence-corrected chi connectivity index (χ4v) is 2.30. The minimum atomic E-state index is -0.205. The number of hydrogen-bond acceptors (Lipinski definition) is 3. The van der Waals surface area contributed by atoms with E-state index in [0.29, 0.717) is 5.56 Å². The highest BCUT2D eigenvalue weighted by Crippen LogP contribution is 2.23. The van der Waals surface area contributed by atoms with E-state index in [-0.39, 0.29) is 11.7 Å². The van der Waals surface area contributed by atoms with E-state index in [1.165, 1.54) is 6.07 Å². The van der Waals surface area contributed by atoms with Crippen molar-refractivity contribution in [1.82, 2.24) is 4.98 Å². The summed E-state index contributed by atoms with van der Waals surface area (Å²) < 4.78 is 0. The molecule has 2 N–H and O–H groups in total. The molecule has 4 nitrogen and oxygen atoms in total. The summed E-state index contributed by atoms with van der Waals surface area (Å²) in [5.74, 6) is -0.0535. The van der Waals surface area contributed by atoms with Crippen LogP contribution in [0.25, 0.3) is 10.9 Å². The van der Waals surface area contributed by atoms with E-state index < -0.39 is 0 Å². The Morgan fingerprint density at radius 3 is 2.81 bits per heavy atom. The summed E-state index contributed by atoms with van der Waals surface area (Å²) in [6.45, 7) is 1.79. The smallest absolute Gasteiger partial charge is 0.255 e. The molecule has 0 saturated carbocycles. The molecule has 0 spiro atoms. The molecule has 21 heavy (non-hydrogen) atoms. The van der Waals surface area contributed by atoms with E-state index >= 15 is 0 Å². The van der Waals surface area contributed by atoms with Crippen molar-refractivity contribution in [1.29, 1.82) is 0 Å². The van der Waals surface area contributed by atoms with Gasteiger partial charge in [-0.05, 0) is 55.0 Å². The zero-order valence-electron chi connectivity index (χ0n) is 11.5. The lowest BCUT2D eigenvalue weighted by Crippen LogP contribution is -2.13. The number of phenolic OH excluding ortho intramolecular Hbond substituents is 1. The van der Waals surface area contributed by atoms with Crippen LogP contribution in [-0.2, 0) is 0 Å². The summed E-state index contributed by atoms with van der Waals surface area (Å²) in [6, 6.07) is 14.0. The minimum Gasteiger partial charge on any atom is -0.508 e. The monoisotopic (exact) mass is 278 g/mol. The Morgan fingerprint density at radius 1 is 1.14 bits per heavy atom. The topological polar surface area (TPSA) is 62.2 Å². The Balaban J connectivity index is 1.97. The van der Waals surface area contributed by atoms with Gasteiger partial charge in [-0.1, -0.05) is 6.07 Å². The number of fused-ring (bicyclic) bond motifs is 1. The number of nitrogens with one attached hydrogen (secondary N) is 1. The van der Waals surface area contributed by atoms with Crippen LogP contribution in [-0.4, -0.2) is 16.0 Å². The van der Waals surface area contributed by atoms with Gasteiger partial charge in [0.2, 0.25) is 0 Å². The van der Waals surface area contributed by atoms with Crippen molar-refractivity contribution in [3.05, 3.63) is 65.9 Å². The van der Waals surface area contributed by atoms with Crippen LogP contribution in [0.2, 0.25) is 0 Å². The molecule has 104 valence electrons. The molecule has 0 bridgehead atoms. The Kier molecular flexibility index (Phi) is 3.28. The van der Waals surface area contributed by atoms with Gasteiger partial charge in [-0.3, -0.25) is 9.78 Å². The average Bonchev–Trinajstić information content (AvgIpc) is 2.47. The number of phenols is 1. The third kappa shape index (κ3) is 2.56. The highest BCUT2D eigenvalue weighted by molar-refractivity contribution is 6.09. The van der Waals surface area contributed by atoms with Gasteiger partial charge in [0.05, 0.1) is 11.2 Å². The standard InChI is InChI=1S/C17H14N2O2/c1-11-10-12(20)7-8-13(11)17(21)19-16-6-2-5-15-14(16)4-3-9-18-15/h2-10,20H,1H3,(H,19,21). The predicted octanol–water partition coefficient (Wildman–Crippen LogP) is 3.50. The number of amides is 1. The second kappa shape index (κ2) is 5.25. The van der Waals surface area contributed by atoms with Crippen LogP contribution in [0, 0.1) is 6.92 Å². The van der Waals surface area contributed by atoms with Gasteiger partial charge in [0.1, 0.15) is 5.75 Å². The summed E-state index contributed by atoms with van der Waals surface area (Å²) in [6.07, 6.45) is 1.72. The number of aromatic hydroxyl groups is 1. The second-order valence-corrected chi connectivity index (χ2v) is 4.83. The molecule has 0 saturated heterocycles. The second-order valence-electron chi connectivity index (χ2n) is 4.83. The maximum Gasteiger partial charge on any atom is 0.255 e. The Hall–Kier alpha value is -2.88. The van der Waals surface area contributed by atoms with Crippen molar-refractivity contribution in [3.8, 4) is 5.75 Å². The first-order valence-corrected chi connectivity index (χ1v) is 6.60. The van der Waals surface area contributed by atoms with Crippen molar-refractivity contribution in [2.75, 3.05) is 5.32 Å². The lowest BCUT2D eigenvalue weighted by atomic mass is 10.1. The maximum absolute atomic E-state index is 12.4. The Bertz CT molecular complexity index is 823. The number of nitrogens with zero attached hydrogens (tertiary/aromatic N) is 1. The molecule has 3 aromatic rings. The molecule has 1 amide bonds.